The SMILES string of the molecule is Cc1cccc(-n2nnn(C)c2=O)c1/C=N\OC(C)c1cccc2c1CCC2. The van der Waals surface area contributed by atoms with E-state index in [9.17, 15) is 4.79 Å². The number of rotatable bonds is 5. The molecular weight excluding hydrogens is 354 g/mol. The van der Waals surface area contributed by atoms with Gasteiger partial charge in [-0.15, -0.1) is 0 Å². The van der Waals surface area contributed by atoms with E-state index in [1.165, 1.54) is 32.5 Å². The van der Waals surface area contributed by atoms with Crippen LogP contribution in [0.1, 0.15) is 47.3 Å². The predicted octanol–water partition coefficient (Wildman–Crippen LogP) is 2.87. The van der Waals surface area contributed by atoms with Gasteiger partial charge in [-0.2, -0.15) is 9.36 Å². The fraction of sp³-hybridized carbons (Fsp3) is 0.333. The Kier molecular flexibility index (Phi) is 4.81. The van der Waals surface area contributed by atoms with E-state index in [0.717, 1.165) is 24.0 Å². The first-order chi connectivity index (χ1) is 13.6. The highest BCUT2D eigenvalue weighted by molar-refractivity contribution is 5.86. The van der Waals surface area contributed by atoms with Gasteiger partial charge < -0.3 is 4.84 Å². The number of nitrogens with zero attached hydrogens (tertiary/aromatic N) is 5. The zero-order valence-corrected chi connectivity index (χ0v) is 16.3. The number of hydrogen-bond donors (Lipinski definition) is 0. The van der Waals surface area contributed by atoms with Gasteiger partial charge in [0.05, 0.1) is 11.9 Å². The average molecular weight is 377 g/mol. The maximum atomic E-state index is 12.2. The molecule has 1 aromatic heterocycles. The van der Waals surface area contributed by atoms with Crippen LogP contribution in [0, 0.1) is 6.92 Å². The molecule has 1 atom stereocenters. The summed E-state index contributed by atoms with van der Waals surface area (Å²) in [6.45, 7) is 3.97. The summed E-state index contributed by atoms with van der Waals surface area (Å²) < 4.78 is 2.46. The first-order valence-corrected chi connectivity index (χ1v) is 9.45. The lowest BCUT2D eigenvalue weighted by molar-refractivity contribution is 0.0731. The Morgan fingerprint density at radius 2 is 2.00 bits per heavy atom. The Balaban J connectivity index is 1.60. The van der Waals surface area contributed by atoms with Crippen LogP contribution in [-0.2, 0) is 24.7 Å². The second kappa shape index (κ2) is 7.42. The van der Waals surface area contributed by atoms with Crippen LogP contribution in [0.15, 0.2) is 46.3 Å². The first-order valence-electron chi connectivity index (χ1n) is 9.45. The van der Waals surface area contributed by atoms with Crippen molar-refractivity contribution in [1.29, 1.82) is 0 Å². The number of hydrogen-bond acceptors (Lipinski definition) is 5. The predicted molar refractivity (Wildman–Crippen MR) is 107 cm³/mol. The Labute approximate surface area is 163 Å². The van der Waals surface area contributed by atoms with Crippen molar-refractivity contribution in [3.8, 4) is 5.69 Å². The van der Waals surface area contributed by atoms with Gasteiger partial charge in [-0.05, 0) is 71.9 Å². The largest absolute Gasteiger partial charge is 0.388 e. The second-order valence-electron chi connectivity index (χ2n) is 7.13. The number of tetrazole rings is 1. The van der Waals surface area contributed by atoms with E-state index in [2.05, 4.69) is 33.8 Å². The molecule has 1 aliphatic rings. The summed E-state index contributed by atoms with van der Waals surface area (Å²) >= 11 is 0. The molecule has 28 heavy (non-hydrogen) atoms. The van der Waals surface area contributed by atoms with Crippen LogP contribution < -0.4 is 5.69 Å². The van der Waals surface area contributed by atoms with Gasteiger partial charge in [0.25, 0.3) is 0 Å². The van der Waals surface area contributed by atoms with Gasteiger partial charge in [-0.1, -0.05) is 35.5 Å². The van der Waals surface area contributed by atoms with E-state index in [1.54, 1.807) is 13.3 Å². The van der Waals surface area contributed by atoms with Crippen LogP contribution in [0.5, 0.6) is 0 Å². The van der Waals surface area contributed by atoms with E-state index in [0.29, 0.717) is 5.69 Å². The molecule has 3 aromatic rings. The van der Waals surface area contributed by atoms with E-state index in [1.807, 2.05) is 32.0 Å². The Morgan fingerprint density at radius 3 is 2.79 bits per heavy atom. The quantitative estimate of drug-likeness (QED) is 0.506. The van der Waals surface area contributed by atoms with Crippen LogP contribution in [-0.4, -0.2) is 26.0 Å². The molecule has 1 unspecified atom stereocenters. The third-order valence-corrected chi connectivity index (χ3v) is 5.27. The minimum absolute atomic E-state index is 0.143. The zero-order valence-electron chi connectivity index (χ0n) is 16.3. The van der Waals surface area contributed by atoms with Crippen molar-refractivity contribution in [1.82, 2.24) is 19.8 Å². The van der Waals surface area contributed by atoms with Gasteiger partial charge in [0, 0.05) is 12.6 Å². The van der Waals surface area contributed by atoms with Crippen molar-refractivity contribution in [2.75, 3.05) is 0 Å². The van der Waals surface area contributed by atoms with Gasteiger partial charge in [-0.25, -0.2) is 4.79 Å². The first kappa shape index (κ1) is 18.2. The fourth-order valence-electron chi connectivity index (χ4n) is 3.74. The maximum Gasteiger partial charge on any atom is 0.368 e. The van der Waals surface area contributed by atoms with Crippen molar-refractivity contribution in [3.63, 3.8) is 0 Å². The zero-order chi connectivity index (χ0) is 19.7. The van der Waals surface area contributed by atoms with Gasteiger partial charge in [0.15, 0.2) is 0 Å². The molecule has 144 valence electrons. The van der Waals surface area contributed by atoms with Crippen LogP contribution in [0.4, 0.5) is 0 Å². The molecule has 7 heteroatoms. The molecule has 0 N–H and O–H groups in total. The molecule has 0 saturated heterocycles. The van der Waals surface area contributed by atoms with E-state index in [-0.39, 0.29) is 11.8 Å². The van der Waals surface area contributed by atoms with Crippen molar-refractivity contribution < 1.29 is 4.84 Å². The Bertz CT molecular complexity index is 1100. The Morgan fingerprint density at radius 1 is 1.18 bits per heavy atom. The summed E-state index contributed by atoms with van der Waals surface area (Å²) in [5.41, 5.74) is 6.06. The summed E-state index contributed by atoms with van der Waals surface area (Å²) in [5.74, 6) is 0. The van der Waals surface area contributed by atoms with Gasteiger partial charge in [0.2, 0.25) is 0 Å². The molecule has 0 fully saturated rings. The normalized spacial score (nSPS) is 14.4. The highest BCUT2D eigenvalue weighted by Gasteiger charge is 2.19. The molecule has 7 nitrogen and oxygen atoms in total. The Hall–Kier alpha value is -3.22. The molecule has 0 aliphatic heterocycles. The molecule has 0 spiro atoms. The molecule has 1 aliphatic carbocycles. The van der Waals surface area contributed by atoms with Crippen molar-refractivity contribution in [2.45, 2.75) is 39.2 Å². The monoisotopic (exact) mass is 377 g/mol. The summed E-state index contributed by atoms with van der Waals surface area (Å²) in [6, 6.07) is 12.0. The highest BCUT2D eigenvalue weighted by Crippen LogP contribution is 2.30. The van der Waals surface area contributed by atoms with Crippen LogP contribution in [0.3, 0.4) is 0 Å². The van der Waals surface area contributed by atoms with E-state index >= 15 is 0 Å². The minimum atomic E-state index is -0.311. The lowest BCUT2D eigenvalue weighted by Crippen LogP contribution is -2.23. The summed E-state index contributed by atoms with van der Waals surface area (Å²) in [4.78, 5) is 18.0. The lowest BCUT2D eigenvalue weighted by Gasteiger charge is -2.14. The van der Waals surface area contributed by atoms with Crippen LogP contribution in [0.2, 0.25) is 0 Å². The highest BCUT2D eigenvalue weighted by atomic mass is 16.6. The van der Waals surface area contributed by atoms with Crippen molar-refractivity contribution in [3.05, 3.63) is 74.7 Å². The van der Waals surface area contributed by atoms with Crippen molar-refractivity contribution >= 4 is 6.21 Å². The standard InChI is InChI=1S/C21H23N5O2/c1-14-7-4-12-20(26-21(27)25(3)23-24-26)19(14)13-22-28-15(2)17-10-5-8-16-9-6-11-18(16)17/h4-5,7-8,10,12-13,15H,6,9,11H2,1-3H3/b22-13-. The van der Waals surface area contributed by atoms with Crippen molar-refractivity contribution in [2.24, 2.45) is 12.2 Å². The van der Waals surface area contributed by atoms with E-state index < -0.39 is 0 Å². The number of aromatic nitrogens is 4. The second-order valence-corrected chi connectivity index (χ2v) is 7.13. The molecular formula is C21H23N5O2. The number of oxime groups is 1. The van der Waals surface area contributed by atoms with Gasteiger partial charge >= 0.3 is 5.69 Å². The molecule has 0 saturated carbocycles. The lowest BCUT2D eigenvalue weighted by atomic mass is 10.00. The van der Waals surface area contributed by atoms with Gasteiger partial charge in [-0.3, -0.25) is 0 Å². The molecule has 0 amide bonds. The third kappa shape index (κ3) is 3.24. The summed E-state index contributed by atoms with van der Waals surface area (Å²) in [7, 11) is 1.57. The van der Waals surface area contributed by atoms with Gasteiger partial charge in [0.1, 0.15) is 6.10 Å². The van der Waals surface area contributed by atoms with Crippen LogP contribution >= 0.6 is 0 Å². The maximum absolute atomic E-state index is 12.2. The number of benzene rings is 2. The molecule has 1 heterocycles. The molecule has 4 rings (SSSR count). The number of fused-ring (bicyclic) bond motifs is 1. The molecule has 2 aromatic carbocycles. The smallest absolute Gasteiger partial charge is 0.368 e. The topological polar surface area (TPSA) is 74.3 Å². The average Bonchev–Trinajstić information content (AvgIpc) is 3.30. The van der Waals surface area contributed by atoms with E-state index in [4.69, 9.17) is 4.84 Å². The minimum Gasteiger partial charge on any atom is -0.388 e. The summed E-state index contributed by atoms with van der Waals surface area (Å²) in [6.07, 6.45) is 4.93. The van der Waals surface area contributed by atoms with Crippen LogP contribution in [0.25, 0.3) is 5.69 Å². The third-order valence-electron chi connectivity index (χ3n) is 5.27. The number of aryl methyl sites for hydroxylation is 3. The molecule has 0 radical (unpaired) electrons. The molecule has 0 bridgehead atoms. The fourth-order valence-corrected chi connectivity index (χ4v) is 3.74. The summed E-state index contributed by atoms with van der Waals surface area (Å²) in [5, 5.41) is 11.9.